The Balaban J connectivity index is 0.00000364. The number of carboxylic acids is 1. The standard InChI is InChI=1S/C17H21F3N2O4.ClH/c1-3-26-14-7-5-4-6-13(14)21-15(23)10(2)22-8-11(16(24)25)12(9-22)17(18,19)20;/h4-7,10-12H,3,8-9H2,1-2H3,(H,21,23)(H,24,25);1H/t10?,11-,12-;/m1./s1. The third kappa shape index (κ3) is 5.49. The predicted octanol–water partition coefficient (Wildman–Crippen LogP) is 3.03. The second-order valence-corrected chi connectivity index (χ2v) is 6.14. The molecule has 6 nitrogen and oxygen atoms in total. The average Bonchev–Trinajstić information content (AvgIpc) is 3.02. The highest BCUT2D eigenvalue weighted by atomic mass is 35.5. The molecule has 1 aliphatic rings. The Hall–Kier alpha value is -2.00. The molecule has 152 valence electrons. The lowest BCUT2D eigenvalue weighted by molar-refractivity contribution is -0.188. The highest BCUT2D eigenvalue weighted by Crippen LogP contribution is 2.38. The number of rotatable bonds is 6. The number of hydrogen-bond acceptors (Lipinski definition) is 4. The van der Waals surface area contributed by atoms with Gasteiger partial charge in [-0.25, -0.2) is 0 Å². The molecule has 1 aromatic rings. The van der Waals surface area contributed by atoms with Crippen molar-refractivity contribution >= 4 is 30.0 Å². The molecule has 1 amide bonds. The van der Waals surface area contributed by atoms with Crippen LogP contribution in [-0.2, 0) is 9.59 Å². The van der Waals surface area contributed by atoms with Crippen LogP contribution in [0.2, 0.25) is 0 Å². The van der Waals surface area contributed by atoms with Crippen LogP contribution in [0.15, 0.2) is 24.3 Å². The lowest BCUT2D eigenvalue weighted by Gasteiger charge is -2.24. The van der Waals surface area contributed by atoms with Gasteiger partial charge in [-0.05, 0) is 26.0 Å². The Bertz CT molecular complexity index is 672. The Kier molecular flexibility index (Phi) is 7.91. The van der Waals surface area contributed by atoms with E-state index in [2.05, 4.69) is 5.32 Å². The van der Waals surface area contributed by atoms with Crippen molar-refractivity contribution in [2.75, 3.05) is 25.0 Å². The molecule has 0 radical (unpaired) electrons. The van der Waals surface area contributed by atoms with Crippen molar-refractivity contribution in [3.05, 3.63) is 24.3 Å². The molecule has 0 aromatic heterocycles. The fraction of sp³-hybridized carbons (Fsp3) is 0.529. The number of anilines is 1. The quantitative estimate of drug-likeness (QED) is 0.753. The van der Waals surface area contributed by atoms with Gasteiger partial charge in [0.25, 0.3) is 0 Å². The van der Waals surface area contributed by atoms with Gasteiger partial charge in [0.05, 0.1) is 30.2 Å². The molecule has 2 N–H and O–H groups in total. The molecule has 1 aromatic carbocycles. The normalized spacial score (nSPS) is 21.2. The van der Waals surface area contributed by atoms with Gasteiger partial charge in [-0.15, -0.1) is 12.4 Å². The first-order chi connectivity index (χ1) is 12.1. The summed E-state index contributed by atoms with van der Waals surface area (Å²) in [4.78, 5) is 24.9. The van der Waals surface area contributed by atoms with E-state index in [9.17, 15) is 22.8 Å². The first-order valence-corrected chi connectivity index (χ1v) is 8.21. The van der Waals surface area contributed by atoms with Crippen LogP contribution in [0.4, 0.5) is 18.9 Å². The molecule has 0 aliphatic carbocycles. The number of alkyl halides is 3. The number of carbonyl (C=O) groups excluding carboxylic acids is 1. The van der Waals surface area contributed by atoms with Gasteiger partial charge in [0.2, 0.25) is 5.91 Å². The molecule has 1 saturated heterocycles. The van der Waals surface area contributed by atoms with Crippen molar-refractivity contribution in [2.45, 2.75) is 26.1 Å². The molecule has 1 aliphatic heterocycles. The molecule has 3 atom stereocenters. The third-order valence-corrected chi connectivity index (χ3v) is 4.46. The Morgan fingerprint density at radius 3 is 2.48 bits per heavy atom. The Morgan fingerprint density at radius 1 is 1.33 bits per heavy atom. The predicted molar refractivity (Wildman–Crippen MR) is 95.2 cm³/mol. The topological polar surface area (TPSA) is 78.9 Å². The zero-order chi connectivity index (χ0) is 19.5. The summed E-state index contributed by atoms with van der Waals surface area (Å²) >= 11 is 0. The number of hydrogen-bond donors (Lipinski definition) is 2. The van der Waals surface area contributed by atoms with Gasteiger partial charge in [-0.3, -0.25) is 14.5 Å². The van der Waals surface area contributed by atoms with Crippen molar-refractivity contribution in [1.82, 2.24) is 4.90 Å². The molecule has 2 rings (SSSR count). The summed E-state index contributed by atoms with van der Waals surface area (Å²) < 4.78 is 44.7. The summed E-state index contributed by atoms with van der Waals surface area (Å²) in [5.41, 5.74) is 0.410. The lowest BCUT2D eigenvalue weighted by Crippen LogP contribution is -2.41. The molecule has 1 heterocycles. The van der Waals surface area contributed by atoms with Crippen molar-refractivity contribution in [3.8, 4) is 5.75 Å². The first-order valence-electron chi connectivity index (χ1n) is 8.21. The number of carbonyl (C=O) groups is 2. The summed E-state index contributed by atoms with van der Waals surface area (Å²) in [6, 6.07) is 5.80. The summed E-state index contributed by atoms with van der Waals surface area (Å²) in [6.07, 6.45) is -4.63. The maximum atomic E-state index is 13.1. The number of benzene rings is 1. The van der Waals surface area contributed by atoms with Gasteiger partial charge < -0.3 is 15.2 Å². The number of amides is 1. The number of carboxylic acid groups (broad SMARTS) is 1. The van der Waals surface area contributed by atoms with Gasteiger partial charge in [-0.1, -0.05) is 12.1 Å². The Morgan fingerprint density at radius 2 is 1.96 bits per heavy atom. The number of ether oxygens (including phenoxy) is 1. The number of nitrogens with zero attached hydrogens (tertiary/aromatic N) is 1. The van der Waals surface area contributed by atoms with E-state index in [4.69, 9.17) is 9.84 Å². The van der Waals surface area contributed by atoms with Gasteiger partial charge in [-0.2, -0.15) is 13.2 Å². The van der Waals surface area contributed by atoms with E-state index in [1.807, 2.05) is 0 Å². The van der Waals surface area contributed by atoms with Gasteiger partial charge in [0.15, 0.2) is 0 Å². The molecule has 10 heteroatoms. The summed E-state index contributed by atoms with van der Waals surface area (Å²) in [6.45, 7) is 2.77. The van der Waals surface area contributed by atoms with Crippen LogP contribution in [0.1, 0.15) is 13.8 Å². The second-order valence-electron chi connectivity index (χ2n) is 6.14. The summed E-state index contributed by atoms with van der Waals surface area (Å²) in [5.74, 6) is -5.16. The fourth-order valence-electron chi connectivity index (χ4n) is 2.99. The maximum Gasteiger partial charge on any atom is 0.393 e. The molecule has 0 bridgehead atoms. The van der Waals surface area contributed by atoms with Crippen LogP contribution in [-0.4, -0.2) is 53.8 Å². The SMILES string of the molecule is CCOc1ccccc1NC(=O)C(C)N1C[C@@H](C(F)(F)F)[C@H](C(=O)O)C1.Cl. The zero-order valence-electron chi connectivity index (χ0n) is 14.8. The second kappa shape index (κ2) is 9.27. The van der Waals surface area contributed by atoms with Gasteiger partial charge >= 0.3 is 12.1 Å². The molecule has 27 heavy (non-hydrogen) atoms. The molecular weight excluding hydrogens is 389 g/mol. The zero-order valence-corrected chi connectivity index (χ0v) is 15.6. The highest BCUT2D eigenvalue weighted by molar-refractivity contribution is 5.95. The van der Waals surface area contributed by atoms with Crippen molar-refractivity contribution in [3.63, 3.8) is 0 Å². The number of nitrogens with one attached hydrogen (secondary N) is 1. The Labute approximate surface area is 161 Å². The summed E-state index contributed by atoms with van der Waals surface area (Å²) in [7, 11) is 0. The lowest BCUT2D eigenvalue weighted by atomic mass is 9.96. The van der Waals surface area contributed by atoms with Crippen molar-refractivity contribution < 1.29 is 32.6 Å². The highest BCUT2D eigenvalue weighted by Gasteiger charge is 2.53. The monoisotopic (exact) mass is 410 g/mol. The van der Waals surface area contributed by atoms with E-state index in [0.717, 1.165) is 0 Å². The van der Waals surface area contributed by atoms with E-state index < -0.39 is 42.5 Å². The van der Waals surface area contributed by atoms with Gasteiger partial charge in [0.1, 0.15) is 5.75 Å². The van der Waals surface area contributed by atoms with Crippen LogP contribution in [0.25, 0.3) is 0 Å². The first kappa shape index (κ1) is 23.0. The van der Waals surface area contributed by atoms with Crippen molar-refractivity contribution in [2.24, 2.45) is 11.8 Å². The van der Waals surface area contributed by atoms with Crippen LogP contribution >= 0.6 is 12.4 Å². The minimum atomic E-state index is -4.63. The van der Waals surface area contributed by atoms with Crippen LogP contribution < -0.4 is 10.1 Å². The fourth-order valence-corrected chi connectivity index (χ4v) is 2.99. The minimum absolute atomic E-state index is 0. The minimum Gasteiger partial charge on any atom is -0.492 e. The van der Waals surface area contributed by atoms with E-state index in [-0.39, 0.29) is 19.0 Å². The largest absolute Gasteiger partial charge is 0.492 e. The van der Waals surface area contributed by atoms with E-state index >= 15 is 0 Å². The average molecular weight is 411 g/mol. The number of para-hydroxylation sites is 2. The molecule has 0 spiro atoms. The number of aliphatic carboxylic acids is 1. The number of likely N-dealkylation sites (tertiary alicyclic amines) is 1. The van der Waals surface area contributed by atoms with Crippen molar-refractivity contribution in [1.29, 1.82) is 0 Å². The third-order valence-electron chi connectivity index (χ3n) is 4.46. The smallest absolute Gasteiger partial charge is 0.393 e. The van der Waals surface area contributed by atoms with Crippen LogP contribution in [0, 0.1) is 11.8 Å². The molecule has 1 unspecified atom stereocenters. The molecule has 0 saturated carbocycles. The van der Waals surface area contributed by atoms with E-state index in [1.165, 1.54) is 11.8 Å². The van der Waals surface area contributed by atoms with E-state index in [1.54, 1.807) is 31.2 Å². The number of halogens is 4. The van der Waals surface area contributed by atoms with E-state index in [0.29, 0.717) is 18.0 Å². The van der Waals surface area contributed by atoms with Crippen LogP contribution in [0.5, 0.6) is 5.75 Å². The molecule has 1 fully saturated rings. The van der Waals surface area contributed by atoms with Gasteiger partial charge in [0, 0.05) is 13.1 Å². The summed E-state index contributed by atoms with van der Waals surface area (Å²) in [5, 5.41) is 11.7. The van der Waals surface area contributed by atoms with Crippen LogP contribution in [0.3, 0.4) is 0 Å². The molecular formula is C17H22ClF3N2O4. The maximum absolute atomic E-state index is 13.1.